The van der Waals surface area contributed by atoms with E-state index in [1.54, 1.807) is 0 Å². The van der Waals surface area contributed by atoms with Gasteiger partial charge in [0.15, 0.2) is 0 Å². The van der Waals surface area contributed by atoms with Crippen molar-refractivity contribution in [2.24, 2.45) is 16.1 Å². The number of carbonyl (C=O) groups excluding carboxylic acids is 1. The SMILES string of the molecule is O=CC1CCC2(CCN=N2)CC1. The molecule has 2 rings (SSSR count). The van der Waals surface area contributed by atoms with Gasteiger partial charge in [-0.2, -0.15) is 10.2 Å². The van der Waals surface area contributed by atoms with Crippen LogP contribution in [0.5, 0.6) is 0 Å². The van der Waals surface area contributed by atoms with Crippen LogP contribution >= 0.6 is 0 Å². The lowest BCUT2D eigenvalue weighted by molar-refractivity contribution is -0.112. The molecule has 0 unspecified atom stereocenters. The van der Waals surface area contributed by atoms with E-state index in [-0.39, 0.29) is 5.54 Å². The third kappa shape index (κ3) is 1.28. The van der Waals surface area contributed by atoms with Crippen molar-refractivity contribution in [3.05, 3.63) is 0 Å². The summed E-state index contributed by atoms with van der Waals surface area (Å²) < 4.78 is 0. The minimum atomic E-state index is 0.152. The molecule has 0 aromatic carbocycles. The highest BCUT2D eigenvalue weighted by Gasteiger charge is 2.37. The van der Waals surface area contributed by atoms with E-state index in [1.807, 2.05) is 0 Å². The van der Waals surface area contributed by atoms with Crippen LogP contribution in [0.15, 0.2) is 10.2 Å². The monoisotopic (exact) mass is 166 g/mol. The van der Waals surface area contributed by atoms with Crippen LogP contribution in [0.4, 0.5) is 0 Å². The lowest BCUT2D eigenvalue weighted by Crippen LogP contribution is -2.30. The molecule has 3 heteroatoms. The number of aldehydes is 1. The molecule has 0 N–H and O–H groups in total. The zero-order chi connectivity index (χ0) is 8.44. The summed E-state index contributed by atoms with van der Waals surface area (Å²) in [6.45, 7) is 0.895. The van der Waals surface area contributed by atoms with Crippen LogP contribution in [-0.2, 0) is 4.79 Å². The van der Waals surface area contributed by atoms with Gasteiger partial charge in [-0.1, -0.05) is 0 Å². The summed E-state index contributed by atoms with van der Waals surface area (Å²) in [5, 5.41) is 8.35. The summed E-state index contributed by atoms with van der Waals surface area (Å²) in [4.78, 5) is 10.5. The fourth-order valence-electron chi connectivity index (χ4n) is 2.17. The van der Waals surface area contributed by atoms with Gasteiger partial charge in [-0.05, 0) is 32.1 Å². The van der Waals surface area contributed by atoms with Crippen molar-refractivity contribution < 1.29 is 4.79 Å². The normalized spacial score (nSPS) is 40.5. The van der Waals surface area contributed by atoms with Crippen molar-refractivity contribution in [1.82, 2.24) is 0 Å². The van der Waals surface area contributed by atoms with Crippen molar-refractivity contribution in [3.63, 3.8) is 0 Å². The van der Waals surface area contributed by atoms with Gasteiger partial charge in [0, 0.05) is 5.92 Å². The molecule has 0 aromatic rings. The summed E-state index contributed by atoms with van der Waals surface area (Å²) in [5.41, 5.74) is 0.152. The first-order chi connectivity index (χ1) is 5.85. The molecular formula is C9H14N2O. The minimum absolute atomic E-state index is 0.152. The van der Waals surface area contributed by atoms with Gasteiger partial charge in [0.05, 0.1) is 12.1 Å². The van der Waals surface area contributed by atoms with Crippen molar-refractivity contribution in [2.75, 3.05) is 6.54 Å². The van der Waals surface area contributed by atoms with E-state index in [9.17, 15) is 4.79 Å². The summed E-state index contributed by atoms with van der Waals surface area (Å²) in [6.07, 6.45) is 6.38. The molecule has 1 aliphatic carbocycles. The van der Waals surface area contributed by atoms with Crippen LogP contribution in [0, 0.1) is 5.92 Å². The summed E-state index contributed by atoms with van der Waals surface area (Å²) in [7, 11) is 0. The van der Waals surface area contributed by atoms with Crippen molar-refractivity contribution in [2.45, 2.75) is 37.6 Å². The van der Waals surface area contributed by atoms with Gasteiger partial charge in [-0.15, -0.1) is 0 Å². The molecule has 2 aliphatic rings. The van der Waals surface area contributed by atoms with E-state index < -0.39 is 0 Å². The Labute approximate surface area is 72.3 Å². The first kappa shape index (κ1) is 7.90. The average Bonchev–Trinajstić information content (AvgIpc) is 2.55. The Bertz CT molecular complexity index is 205. The molecule has 0 saturated heterocycles. The second kappa shape index (κ2) is 2.96. The van der Waals surface area contributed by atoms with E-state index >= 15 is 0 Å². The molecule has 1 heterocycles. The van der Waals surface area contributed by atoms with Crippen LogP contribution < -0.4 is 0 Å². The molecule has 0 atom stereocenters. The lowest BCUT2D eigenvalue weighted by Gasteiger charge is -2.31. The predicted octanol–water partition coefficient (Wildman–Crippen LogP) is 1.97. The molecule has 1 saturated carbocycles. The largest absolute Gasteiger partial charge is 0.303 e. The lowest BCUT2D eigenvalue weighted by atomic mass is 9.76. The molecule has 66 valence electrons. The first-order valence-electron chi connectivity index (χ1n) is 4.69. The molecule has 0 aromatic heterocycles. The highest BCUT2D eigenvalue weighted by atomic mass is 16.1. The highest BCUT2D eigenvalue weighted by molar-refractivity contribution is 5.53. The van der Waals surface area contributed by atoms with Gasteiger partial charge in [-0.3, -0.25) is 0 Å². The van der Waals surface area contributed by atoms with Crippen molar-refractivity contribution in [3.8, 4) is 0 Å². The zero-order valence-electron chi connectivity index (χ0n) is 7.20. The maximum absolute atomic E-state index is 10.5. The molecule has 1 spiro atoms. The van der Waals surface area contributed by atoms with Crippen molar-refractivity contribution >= 4 is 6.29 Å². The van der Waals surface area contributed by atoms with Crippen LogP contribution in [-0.4, -0.2) is 18.4 Å². The molecule has 1 aliphatic heterocycles. The Hall–Kier alpha value is -0.730. The number of rotatable bonds is 1. The number of carbonyl (C=O) groups is 1. The van der Waals surface area contributed by atoms with Crippen LogP contribution in [0.3, 0.4) is 0 Å². The standard InChI is InChI=1S/C9H14N2O/c12-7-8-1-3-9(4-2-8)5-6-10-11-9/h7-8H,1-6H2. The van der Waals surface area contributed by atoms with E-state index in [2.05, 4.69) is 10.2 Å². The van der Waals surface area contributed by atoms with Gasteiger partial charge >= 0.3 is 0 Å². The fourth-order valence-corrected chi connectivity index (χ4v) is 2.17. The van der Waals surface area contributed by atoms with Gasteiger partial charge in [0.25, 0.3) is 0 Å². The highest BCUT2D eigenvalue weighted by Crippen LogP contribution is 2.39. The summed E-state index contributed by atoms with van der Waals surface area (Å²) in [6, 6.07) is 0. The summed E-state index contributed by atoms with van der Waals surface area (Å²) in [5.74, 6) is 0.298. The van der Waals surface area contributed by atoms with E-state index in [4.69, 9.17) is 0 Å². The smallest absolute Gasteiger partial charge is 0.123 e. The van der Waals surface area contributed by atoms with E-state index in [1.165, 1.54) is 0 Å². The number of hydrogen-bond acceptors (Lipinski definition) is 3. The first-order valence-corrected chi connectivity index (χ1v) is 4.69. The Balaban J connectivity index is 1.97. The third-order valence-electron chi connectivity index (χ3n) is 3.11. The number of nitrogens with zero attached hydrogens (tertiary/aromatic N) is 2. The molecule has 1 fully saturated rings. The maximum atomic E-state index is 10.5. The quantitative estimate of drug-likeness (QED) is 0.549. The Morgan fingerprint density at radius 2 is 2.00 bits per heavy atom. The van der Waals surface area contributed by atoms with Crippen molar-refractivity contribution in [1.29, 1.82) is 0 Å². The second-order valence-electron chi connectivity index (χ2n) is 3.91. The molecule has 0 amide bonds. The van der Waals surface area contributed by atoms with Gasteiger partial charge < -0.3 is 4.79 Å². The van der Waals surface area contributed by atoms with Gasteiger partial charge in [0.1, 0.15) is 6.29 Å². The van der Waals surface area contributed by atoms with Crippen LogP contribution in [0.2, 0.25) is 0 Å². The fraction of sp³-hybridized carbons (Fsp3) is 0.889. The molecule has 3 nitrogen and oxygen atoms in total. The predicted molar refractivity (Wildman–Crippen MR) is 45.1 cm³/mol. The van der Waals surface area contributed by atoms with Crippen LogP contribution in [0.1, 0.15) is 32.1 Å². The third-order valence-corrected chi connectivity index (χ3v) is 3.11. The molecule has 0 radical (unpaired) electrons. The maximum Gasteiger partial charge on any atom is 0.123 e. The van der Waals surface area contributed by atoms with Gasteiger partial charge in [0.2, 0.25) is 0 Å². The average molecular weight is 166 g/mol. The zero-order valence-corrected chi connectivity index (χ0v) is 7.20. The Kier molecular flexibility index (Phi) is 1.95. The van der Waals surface area contributed by atoms with Gasteiger partial charge in [-0.25, -0.2) is 0 Å². The van der Waals surface area contributed by atoms with Crippen LogP contribution in [0.25, 0.3) is 0 Å². The molecule has 12 heavy (non-hydrogen) atoms. The van der Waals surface area contributed by atoms with E-state index in [0.29, 0.717) is 5.92 Å². The Morgan fingerprint density at radius 3 is 2.50 bits per heavy atom. The Morgan fingerprint density at radius 1 is 1.25 bits per heavy atom. The number of azo groups is 1. The number of hydrogen-bond donors (Lipinski definition) is 0. The topological polar surface area (TPSA) is 41.8 Å². The molecular weight excluding hydrogens is 152 g/mol. The second-order valence-corrected chi connectivity index (χ2v) is 3.91. The summed E-state index contributed by atoms with van der Waals surface area (Å²) >= 11 is 0. The minimum Gasteiger partial charge on any atom is -0.303 e. The molecule has 0 bridgehead atoms. The van der Waals surface area contributed by atoms with E-state index in [0.717, 1.165) is 44.9 Å².